The maximum atomic E-state index is 4.62. The van der Waals surface area contributed by atoms with E-state index in [0.717, 1.165) is 30.6 Å². The molecule has 2 rings (SSSR count). The van der Waals surface area contributed by atoms with E-state index in [2.05, 4.69) is 46.3 Å². The number of halogens is 1. The minimum absolute atomic E-state index is 0. The van der Waals surface area contributed by atoms with E-state index in [1.165, 1.54) is 30.7 Å². The van der Waals surface area contributed by atoms with Crippen LogP contribution in [0.3, 0.4) is 0 Å². The van der Waals surface area contributed by atoms with E-state index in [4.69, 9.17) is 0 Å². The van der Waals surface area contributed by atoms with Gasteiger partial charge in [0.2, 0.25) is 0 Å². The number of hydrogen-bond acceptors (Lipinski definition) is 4. The van der Waals surface area contributed by atoms with Crippen molar-refractivity contribution in [3.8, 4) is 0 Å². The lowest BCUT2D eigenvalue weighted by atomic mass is 10.0. The zero-order valence-corrected chi connectivity index (χ0v) is 17.6. The van der Waals surface area contributed by atoms with Crippen molar-refractivity contribution in [2.75, 3.05) is 26.2 Å². The molecule has 1 aromatic rings. The molecule has 0 aliphatic carbocycles. The Labute approximate surface area is 161 Å². The van der Waals surface area contributed by atoms with Crippen LogP contribution in [-0.4, -0.2) is 48.1 Å². The first kappa shape index (κ1) is 20.6. The van der Waals surface area contributed by atoms with Crippen molar-refractivity contribution < 1.29 is 0 Å². The summed E-state index contributed by atoms with van der Waals surface area (Å²) in [6, 6.07) is 0.716. The maximum absolute atomic E-state index is 4.62. The largest absolute Gasteiger partial charge is 0.357 e. The second-order valence-electron chi connectivity index (χ2n) is 5.87. The summed E-state index contributed by atoms with van der Waals surface area (Å²) in [7, 11) is 0. The van der Waals surface area contributed by atoms with E-state index < -0.39 is 0 Å². The smallest absolute Gasteiger partial charge is 0.191 e. The number of aromatic nitrogens is 1. The third kappa shape index (κ3) is 7.34. The van der Waals surface area contributed by atoms with Gasteiger partial charge in [-0.2, -0.15) is 0 Å². The summed E-state index contributed by atoms with van der Waals surface area (Å²) in [5.74, 6) is 0.889. The monoisotopic (exact) mass is 451 g/mol. The van der Waals surface area contributed by atoms with Gasteiger partial charge in [-0.25, -0.2) is 9.98 Å². The zero-order chi connectivity index (χ0) is 15.8. The molecule has 5 nitrogen and oxygen atoms in total. The first-order valence-corrected chi connectivity index (χ1v) is 9.18. The lowest BCUT2D eigenvalue weighted by Gasteiger charge is -2.33. The Morgan fingerprint density at radius 2 is 2.26 bits per heavy atom. The first-order valence-electron chi connectivity index (χ1n) is 8.36. The lowest BCUT2D eigenvalue weighted by molar-refractivity contribution is 0.163. The number of piperidine rings is 1. The molecule has 1 aromatic heterocycles. The molecule has 1 aliphatic rings. The van der Waals surface area contributed by atoms with Gasteiger partial charge in [0, 0.05) is 36.8 Å². The van der Waals surface area contributed by atoms with Crippen LogP contribution in [0.15, 0.2) is 11.2 Å². The van der Waals surface area contributed by atoms with Crippen LogP contribution in [0.2, 0.25) is 0 Å². The molecule has 1 aliphatic heterocycles. The van der Waals surface area contributed by atoms with Gasteiger partial charge in [-0.05, 0) is 40.2 Å². The predicted molar refractivity (Wildman–Crippen MR) is 110 cm³/mol. The highest BCUT2D eigenvalue weighted by molar-refractivity contribution is 14.0. The first-order chi connectivity index (χ1) is 10.7. The van der Waals surface area contributed by atoms with Crippen molar-refractivity contribution in [3.05, 3.63) is 16.1 Å². The fourth-order valence-corrected chi connectivity index (χ4v) is 3.48. The normalized spacial score (nSPS) is 19.3. The van der Waals surface area contributed by atoms with E-state index in [-0.39, 0.29) is 24.0 Å². The van der Waals surface area contributed by atoms with Crippen molar-refractivity contribution in [1.29, 1.82) is 0 Å². The van der Waals surface area contributed by atoms with Crippen LogP contribution in [0.5, 0.6) is 0 Å². The Bertz CT molecular complexity index is 477. The van der Waals surface area contributed by atoms with Gasteiger partial charge in [0.1, 0.15) is 5.01 Å². The molecular formula is C16H30IN5S. The topological polar surface area (TPSA) is 52.6 Å². The van der Waals surface area contributed by atoms with Crippen molar-refractivity contribution in [1.82, 2.24) is 20.5 Å². The zero-order valence-electron chi connectivity index (χ0n) is 14.5. The standard InChI is InChI=1S/C16H29N5S.HI/c1-4-17-16(20-12-15-19-11-14(3)22-15)18-8-10-21-9-6-5-7-13(21)2;/h11,13H,4-10,12H2,1-3H3,(H2,17,18,20);1H. The molecule has 7 heteroatoms. The molecule has 2 N–H and O–H groups in total. The molecule has 23 heavy (non-hydrogen) atoms. The number of nitrogens with zero attached hydrogens (tertiary/aromatic N) is 3. The summed E-state index contributed by atoms with van der Waals surface area (Å²) in [5.41, 5.74) is 0. The van der Waals surface area contributed by atoms with E-state index in [0.29, 0.717) is 12.6 Å². The fraction of sp³-hybridized carbons (Fsp3) is 0.750. The second-order valence-corrected chi connectivity index (χ2v) is 7.19. The maximum Gasteiger partial charge on any atom is 0.191 e. The van der Waals surface area contributed by atoms with Gasteiger partial charge in [0.05, 0.1) is 6.54 Å². The van der Waals surface area contributed by atoms with Crippen LogP contribution >= 0.6 is 35.3 Å². The van der Waals surface area contributed by atoms with Crippen molar-refractivity contribution >= 4 is 41.3 Å². The summed E-state index contributed by atoms with van der Waals surface area (Å²) in [6.07, 6.45) is 5.95. The lowest BCUT2D eigenvalue weighted by Crippen LogP contribution is -2.45. The highest BCUT2D eigenvalue weighted by Gasteiger charge is 2.17. The Balaban J connectivity index is 0.00000264. The van der Waals surface area contributed by atoms with Crippen LogP contribution in [0, 0.1) is 6.92 Å². The SMILES string of the molecule is CCNC(=NCc1ncc(C)s1)NCCN1CCCCC1C.I. The van der Waals surface area contributed by atoms with Gasteiger partial charge in [-0.3, -0.25) is 4.90 Å². The summed E-state index contributed by atoms with van der Waals surface area (Å²) in [5, 5.41) is 7.81. The predicted octanol–water partition coefficient (Wildman–Crippen LogP) is 3.00. The highest BCUT2D eigenvalue weighted by atomic mass is 127. The van der Waals surface area contributed by atoms with Crippen molar-refractivity contribution in [2.24, 2.45) is 4.99 Å². The molecule has 0 bridgehead atoms. The van der Waals surface area contributed by atoms with Gasteiger partial charge in [-0.15, -0.1) is 35.3 Å². The van der Waals surface area contributed by atoms with Gasteiger partial charge in [0.25, 0.3) is 0 Å². The molecule has 2 heterocycles. The Hall–Kier alpha value is -0.410. The summed E-state index contributed by atoms with van der Waals surface area (Å²) < 4.78 is 0. The minimum atomic E-state index is 0. The van der Waals surface area contributed by atoms with Gasteiger partial charge >= 0.3 is 0 Å². The molecule has 0 amide bonds. The Morgan fingerprint density at radius 1 is 1.43 bits per heavy atom. The molecule has 0 spiro atoms. The van der Waals surface area contributed by atoms with Crippen molar-refractivity contribution in [2.45, 2.75) is 52.6 Å². The number of guanidine groups is 1. The van der Waals surface area contributed by atoms with Crippen LogP contribution < -0.4 is 10.6 Å². The van der Waals surface area contributed by atoms with Crippen LogP contribution in [0.4, 0.5) is 0 Å². The van der Waals surface area contributed by atoms with Crippen LogP contribution in [0.25, 0.3) is 0 Å². The second kappa shape index (κ2) is 11.2. The highest BCUT2D eigenvalue weighted by Crippen LogP contribution is 2.15. The number of hydrogen-bond donors (Lipinski definition) is 2. The van der Waals surface area contributed by atoms with Gasteiger partial charge in [-0.1, -0.05) is 6.42 Å². The van der Waals surface area contributed by atoms with E-state index in [9.17, 15) is 0 Å². The van der Waals surface area contributed by atoms with E-state index >= 15 is 0 Å². The quantitative estimate of drug-likeness (QED) is 0.397. The third-order valence-corrected chi connectivity index (χ3v) is 4.92. The molecule has 0 aromatic carbocycles. The van der Waals surface area contributed by atoms with Crippen molar-refractivity contribution in [3.63, 3.8) is 0 Å². The number of likely N-dealkylation sites (tertiary alicyclic amines) is 1. The van der Waals surface area contributed by atoms with Gasteiger partial charge < -0.3 is 10.6 Å². The van der Waals surface area contributed by atoms with Crippen LogP contribution in [-0.2, 0) is 6.54 Å². The molecule has 1 atom stereocenters. The summed E-state index contributed by atoms with van der Waals surface area (Å²) >= 11 is 1.71. The van der Waals surface area contributed by atoms with E-state index in [1.54, 1.807) is 11.3 Å². The molecular weight excluding hydrogens is 421 g/mol. The van der Waals surface area contributed by atoms with Crippen LogP contribution in [0.1, 0.15) is 43.0 Å². The number of aryl methyl sites for hydroxylation is 1. The number of rotatable bonds is 6. The number of aliphatic imine (C=N–C) groups is 1. The third-order valence-electron chi connectivity index (χ3n) is 4.02. The molecule has 0 saturated carbocycles. The summed E-state index contributed by atoms with van der Waals surface area (Å²) in [4.78, 5) is 12.8. The number of nitrogens with one attached hydrogen (secondary N) is 2. The number of thiazole rings is 1. The van der Waals surface area contributed by atoms with Gasteiger partial charge in [0.15, 0.2) is 5.96 Å². The molecule has 1 unspecified atom stereocenters. The fourth-order valence-electron chi connectivity index (χ4n) is 2.77. The Morgan fingerprint density at radius 3 is 2.91 bits per heavy atom. The Kier molecular flexibility index (Phi) is 10.0. The molecule has 132 valence electrons. The average Bonchev–Trinajstić information content (AvgIpc) is 2.92. The minimum Gasteiger partial charge on any atom is -0.357 e. The van der Waals surface area contributed by atoms with E-state index in [1.807, 2.05) is 6.20 Å². The molecule has 1 saturated heterocycles. The molecule has 0 radical (unpaired) electrons. The molecule has 1 fully saturated rings. The summed E-state index contributed by atoms with van der Waals surface area (Å²) in [6.45, 7) is 11.3. The average molecular weight is 451 g/mol.